The predicted molar refractivity (Wildman–Crippen MR) is 273 cm³/mol. The molecular weight excluding hydrogens is 803 g/mol. The Kier molecular flexibility index (Phi) is 8.78. The molecule has 13 rings (SSSR count). The lowest BCUT2D eigenvalue weighted by molar-refractivity contribution is 0.953. The molecule has 0 saturated carbocycles. The second-order valence-corrected chi connectivity index (χ2v) is 16.8. The Balaban J connectivity index is 1.07. The van der Waals surface area contributed by atoms with E-state index in [0.717, 1.165) is 77.3 Å². The molecule has 10 aromatic carbocycles. The van der Waals surface area contributed by atoms with E-state index in [4.69, 9.17) is 15.0 Å². The zero-order valence-electron chi connectivity index (χ0n) is 35.8. The lowest BCUT2D eigenvalue weighted by Crippen LogP contribution is -2.07. The smallest absolute Gasteiger partial charge is 0.238 e. The number of para-hydroxylation sites is 3. The monoisotopic (exact) mass is 841 g/mol. The third-order valence-corrected chi connectivity index (χ3v) is 13.0. The van der Waals surface area contributed by atoms with Gasteiger partial charge in [0.25, 0.3) is 0 Å². The fourth-order valence-electron chi connectivity index (χ4n) is 9.86. The van der Waals surface area contributed by atoms with Crippen molar-refractivity contribution in [3.63, 3.8) is 0 Å². The summed E-state index contributed by atoms with van der Waals surface area (Å²) in [5.74, 6) is 1.77. The summed E-state index contributed by atoms with van der Waals surface area (Å²) in [4.78, 5) is 15.9. The van der Waals surface area contributed by atoms with Crippen LogP contribution in [0.25, 0.3) is 122 Å². The SMILES string of the molecule is c1ccc(-c2ccc(-c3nc(-c4ccccc4)nc(-n4c5ccccc5c5ccc6c7ccccc7n(-c7ccccc7-c7cccc(-c8ccc9ccccc9c8)c7)c6c54)n3)cc2)cc1. The van der Waals surface area contributed by atoms with Gasteiger partial charge in [-0.1, -0.05) is 206 Å². The van der Waals surface area contributed by atoms with E-state index in [0.29, 0.717) is 17.6 Å². The van der Waals surface area contributed by atoms with Crippen molar-refractivity contribution in [2.45, 2.75) is 0 Å². The van der Waals surface area contributed by atoms with Crippen LogP contribution in [0.1, 0.15) is 0 Å². The average Bonchev–Trinajstić information content (AvgIpc) is 3.92. The molecule has 0 aliphatic rings. The molecule has 5 nitrogen and oxygen atoms in total. The summed E-state index contributed by atoms with van der Waals surface area (Å²) >= 11 is 0. The summed E-state index contributed by atoms with van der Waals surface area (Å²) in [5.41, 5.74) is 14.1. The number of benzene rings is 10. The number of aromatic nitrogens is 5. The number of fused-ring (bicyclic) bond motifs is 8. The highest BCUT2D eigenvalue weighted by molar-refractivity contribution is 6.24. The maximum Gasteiger partial charge on any atom is 0.238 e. The molecule has 0 aliphatic carbocycles. The third-order valence-electron chi connectivity index (χ3n) is 13.0. The van der Waals surface area contributed by atoms with Gasteiger partial charge in [0.15, 0.2) is 11.6 Å². The average molecular weight is 842 g/mol. The molecule has 0 unspecified atom stereocenters. The zero-order chi connectivity index (χ0) is 43.6. The number of hydrogen-bond acceptors (Lipinski definition) is 3. The molecule has 0 bridgehead atoms. The van der Waals surface area contributed by atoms with Gasteiger partial charge >= 0.3 is 0 Å². The first-order valence-corrected chi connectivity index (χ1v) is 22.4. The van der Waals surface area contributed by atoms with Crippen LogP contribution in [0, 0.1) is 0 Å². The Bertz CT molecular complexity index is 3980. The molecule has 13 aromatic rings. The van der Waals surface area contributed by atoms with E-state index in [1.165, 1.54) is 27.3 Å². The molecule has 66 heavy (non-hydrogen) atoms. The maximum absolute atomic E-state index is 5.39. The summed E-state index contributed by atoms with van der Waals surface area (Å²) < 4.78 is 4.73. The Morgan fingerprint density at radius 3 is 1.48 bits per heavy atom. The fourth-order valence-corrected chi connectivity index (χ4v) is 9.86. The number of nitrogens with zero attached hydrogens (tertiary/aromatic N) is 5. The van der Waals surface area contributed by atoms with Crippen LogP contribution in [0.5, 0.6) is 0 Å². The largest absolute Gasteiger partial charge is 0.307 e. The van der Waals surface area contributed by atoms with Crippen LogP contribution in [0.2, 0.25) is 0 Å². The van der Waals surface area contributed by atoms with E-state index in [9.17, 15) is 0 Å². The topological polar surface area (TPSA) is 48.5 Å². The fraction of sp³-hybridized carbons (Fsp3) is 0. The van der Waals surface area contributed by atoms with E-state index in [1.807, 2.05) is 24.3 Å². The highest BCUT2D eigenvalue weighted by Gasteiger charge is 2.24. The van der Waals surface area contributed by atoms with Crippen LogP contribution in [-0.4, -0.2) is 24.1 Å². The zero-order valence-corrected chi connectivity index (χ0v) is 35.8. The van der Waals surface area contributed by atoms with Gasteiger partial charge < -0.3 is 4.57 Å². The number of rotatable bonds is 7. The van der Waals surface area contributed by atoms with E-state index in [-0.39, 0.29) is 0 Å². The minimum absolute atomic E-state index is 0.554. The lowest BCUT2D eigenvalue weighted by atomic mass is 9.96. The van der Waals surface area contributed by atoms with Gasteiger partial charge in [-0.05, 0) is 68.9 Å². The minimum Gasteiger partial charge on any atom is -0.307 e. The van der Waals surface area contributed by atoms with Gasteiger partial charge in [0.05, 0.1) is 27.8 Å². The Morgan fingerprint density at radius 1 is 0.273 bits per heavy atom. The van der Waals surface area contributed by atoms with Crippen molar-refractivity contribution in [1.82, 2.24) is 24.1 Å². The van der Waals surface area contributed by atoms with Crippen molar-refractivity contribution in [1.29, 1.82) is 0 Å². The molecule has 3 aromatic heterocycles. The van der Waals surface area contributed by atoms with E-state index in [1.54, 1.807) is 0 Å². The minimum atomic E-state index is 0.554. The van der Waals surface area contributed by atoms with Gasteiger partial charge in [-0.25, -0.2) is 4.98 Å². The van der Waals surface area contributed by atoms with Gasteiger partial charge in [-0.3, -0.25) is 4.57 Å². The lowest BCUT2D eigenvalue weighted by Gasteiger charge is -2.16. The van der Waals surface area contributed by atoms with Gasteiger partial charge in [0, 0.05) is 38.2 Å². The summed E-state index contributed by atoms with van der Waals surface area (Å²) in [5, 5.41) is 7.03. The molecule has 0 spiro atoms. The molecule has 0 atom stereocenters. The molecule has 308 valence electrons. The second kappa shape index (κ2) is 15.4. The van der Waals surface area contributed by atoms with Gasteiger partial charge in [0.2, 0.25) is 5.95 Å². The van der Waals surface area contributed by atoms with Crippen molar-refractivity contribution < 1.29 is 0 Å². The third kappa shape index (κ3) is 6.21. The van der Waals surface area contributed by atoms with E-state index in [2.05, 4.69) is 221 Å². The highest BCUT2D eigenvalue weighted by atomic mass is 15.2. The second-order valence-electron chi connectivity index (χ2n) is 16.8. The first-order valence-electron chi connectivity index (χ1n) is 22.4. The first kappa shape index (κ1) is 37.6. The molecule has 0 aliphatic heterocycles. The van der Waals surface area contributed by atoms with Crippen LogP contribution in [-0.2, 0) is 0 Å². The maximum atomic E-state index is 5.39. The van der Waals surface area contributed by atoms with Gasteiger partial charge in [-0.15, -0.1) is 0 Å². The van der Waals surface area contributed by atoms with Crippen LogP contribution in [0.4, 0.5) is 0 Å². The first-order chi connectivity index (χ1) is 32.7. The van der Waals surface area contributed by atoms with Crippen molar-refractivity contribution in [2.75, 3.05) is 0 Å². The Morgan fingerprint density at radius 2 is 0.758 bits per heavy atom. The normalized spacial score (nSPS) is 11.6. The van der Waals surface area contributed by atoms with Crippen LogP contribution in [0.15, 0.2) is 237 Å². The molecular formula is C61H39N5. The quantitative estimate of drug-likeness (QED) is 0.161. The summed E-state index contributed by atoms with van der Waals surface area (Å²) in [6.45, 7) is 0. The molecule has 0 saturated heterocycles. The molecule has 5 heteroatoms. The van der Waals surface area contributed by atoms with Gasteiger partial charge in [0.1, 0.15) is 0 Å². The van der Waals surface area contributed by atoms with E-state index < -0.39 is 0 Å². The Labute approximate surface area is 381 Å². The van der Waals surface area contributed by atoms with E-state index >= 15 is 0 Å². The van der Waals surface area contributed by atoms with Gasteiger partial charge in [-0.2, -0.15) is 9.97 Å². The molecule has 3 heterocycles. The Hall–Kier alpha value is -8.93. The van der Waals surface area contributed by atoms with Crippen molar-refractivity contribution >= 4 is 54.4 Å². The highest BCUT2D eigenvalue weighted by Crippen LogP contribution is 2.43. The van der Waals surface area contributed by atoms with Crippen LogP contribution in [0.3, 0.4) is 0 Å². The van der Waals surface area contributed by atoms with Crippen LogP contribution < -0.4 is 0 Å². The molecule has 0 amide bonds. The van der Waals surface area contributed by atoms with Crippen LogP contribution >= 0.6 is 0 Å². The summed E-state index contributed by atoms with van der Waals surface area (Å²) in [7, 11) is 0. The summed E-state index contributed by atoms with van der Waals surface area (Å²) in [6.07, 6.45) is 0. The predicted octanol–water partition coefficient (Wildman–Crippen LogP) is 15.6. The number of hydrogen-bond donors (Lipinski definition) is 0. The molecule has 0 fully saturated rings. The van der Waals surface area contributed by atoms with Crippen molar-refractivity contribution in [3.8, 4) is 67.8 Å². The molecule has 0 N–H and O–H groups in total. The standard InChI is InChI=1S/C61H39N5/c1-3-16-40(17-4-1)42-30-33-44(34-31-42)60-62-59(43-19-5-2-6-20-43)63-61(64-60)66-56-29-14-11-26-51(56)53-37-36-52-50-25-10-13-28-55(50)65(57(52)58(53)66)54-27-12-9-24-49(54)48-23-15-22-46(39-48)47-35-32-41-18-7-8-21-45(41)38-47/h1-39H. The summed E-state index contributed by atoms with van der Waals surface area (Å²) in [6, 6.07) is 84.1. The molecule has 0 radical (unpaired) electrons. The van der Waals surface area contributed by atoms with Crippen molar-refractivity contribution in [2.24, 2.45) is 0 Å². The van der Waals surface area contributed by atoms with Crippen molar-refractivity contribution in [3.05, 3.63) is 237 Å².